The van der Waals surface area contributed by atoms with Crippen molar-refractivity contribution in [2.24, 2.45) is 0 Å². The molecule has 20 heavy (non-hydrogen) atoms. The first kappa shape index (κ1) is 15.1. The predicted molar refractivity (Wildman–Crippen MR) is 76.5 cm³/mol. The molecule has 1 N–H and O–H groups in total. The maximum Gasteiger partial charge on any atom is 0.289 e. The van der Waals surface area contributed by atoms with Gasteiger partial charge in [0.05, 0.1) is 12.6 Å². The molecule has 0 spiro atoms. The van der Waals surface area contributed by atoms with Gasteiger partial charge in [0.2, 0.25) is 0 Å². The fourth-order valence-corrected chi connectivity index (χ4v) is 2.54. The Morgan fingerprint density at radius 3 is 2.85 bits per heavy atom. The lowest BCUT2D eigenvalue weighted by molar-refractivity contribution is 0.0446. The highest BCUT2D eigenvalue weighted by Crippen LogP contribution is 2.16. The van der Waals surface area contributed by atoms with Gasteiger partial charge >= 0.3 is 0 Å². The number of nitrogens with zero attached hydrogens (tertiary/aromatic N) is 2. The molecule has 5 nitrogen and oxygen atoms in total. The molecule has 1 aliphatic heterocycles. The number of hydrogen-bond acceptors (Lipinski definition) is 4. The van der Waals surface area contributed by atoms with Crippen LogP contribution < -0.4 is 0 Å². The van der Waals surface area contributed by atoms with Crippen molar-refractivity contribution in [2.75, 3.05) is 26.2 Å². The van der Waals surface area contributed by atoms with Gasteiger partial charge in [0.25, 0.3) is 5.91 Å². The summed E-state index contributed by atoms with van der Waals surface area (Å²) in [5.41, 5.74) is 0. The van der Waals surface area contributed by atoms with Crippen LogP contribution in [0.1, 0.15) is 43.0 Å². The van der Waals surface area contributed by atoms with Gasteiger partial charge in [0, 0.05) is 13.1 Å². The molecule has 2 rings (SSSR count). The van der Waals surface area contributed by atoms with E-state index >= 15 is 0 Å². The predicted octanol–water partition coefficient (Wildman–Crippen LogP) is 1.72. The zero-order chi connectivity index (χ0) is 14.5. The number of aliphatic hydroxyl groups is 1. The first-order valence-electron chi connectivity index (χ1n) is 7.42. The van der Waals surface area contributed by atoms with Gasteiger partial charge in [-0.25, -0.2) is 0 Å². The minimum Gasteiger partial charge on any atom is -0.455 e. The van der Waals surface area contributed by atoms with Crippen LogP contribution in [0.15, 0.2) is 16.5 Å². The van der Waals surface area contributed by atoms with Crippen LogP contribution in [0.3, 0.4) is 0 Å². The van der Waals surface area contributed by atoms with Crippen LogP contribution in [0.4, 0.5) is 0 Å². The molecule has 1 saturated heterocycles. The molecule has 1 aromatic rings. The molecule has 1 fully saturated rings. The van der Waals surface area contributed by atoms with Gasteiger partial charge in [-0.05, 0) is 38.1 Å². The van der Waals surface area contributed by atoms with E-state index in [-0.39, 0.29) is 5.91 Å². The monoisotopic (exact) mass is 280 g/mol. The van der Waals surface area contributed by atoms with E-state index in [1.54, 1.807) is 11.0 Å². The lowest BCUT2D eigenvalue weighted by Gasteiger charge is -2.29. The first-order chi connectivity index (χ1) is 9.63. The molecule has 0 aliphatic carbocycles. The molecule has 0 aromatic carbocycles. The van der Waals surface area contributed by atoms with Crippen molar-refractivity contribution >= 4 is 5.91 Å². The quantitative estimate of drug-likeness (QED) is 0.892. The van der Waals surface area contributed by atoms with E-state index in [0.29, 0.717) is 18.8 Å². The van der Waals surface area contributed by atoms with E-state index in [4.69, 9.17) is 4.42 Å². The van der Waals surface area contributed by atoms with E-state index < -0.39 is 6.10 Å². The zero-order valence-corrected chi connectivity index (χ0v) is 12.3. The van der Waals surface area contributed by atoms with Gasteiger partial charge in [-0.1, -0.05) is 13.8 Å². The number of piperidine rings is 1. The van der Waals surface area contributed by atoms with E-state index in [0.717, 1.165) is 38.2 Å². The third-order valence-corrected chi connectivity index (χ3v) is 3.83. The minimum atomic E-state index is -0.405. The second-order valence-corrected chi connectivity index (χ2v) is 5.27. The van der Waals surface area contributed by atoms with E-state index in [1.165, 1.54) is 0 Å². The summed E-state index contributed by atoms with van der Waals surface area (Å²) >= 11 is 0. The van der Waals surface area contributed by atoms with Crippen molar-refractivity contribution in [3.63, 3.8) is 0 Å². The first-order valence-corrected chi connectivity index (χ1v) is 7.42. The summed E-state index contributed by atoms with van der Waals surface area (Å²) in [6.45, 7) is 7.95. The fraction of sp³-hybridized carbons (Fsp3) is 0.667. The maximum absolute atomic E-state index is 12.3. The molecule has 1 aliphatic rings. The number of rotatable bonds is 5. The van der Waals surface area contributed by atoms with Gasteiger partial charge in [-0.3, -0.25) is 9.69 Å². The van der Waals surface area contributed by atoms with Crippen molar-refractivity contribution in [3.05, 3.63) is 23.7 Å². The summed E-state index contributed by atoms with van der Waals surface area (Å²) in [6.07, 6.45) is 1.22. The Balaban J connectivity index is 1.99. The molecule has 1 atom stereocenters. The standard InChI is InChI=1S/C15H24N2O3/c1-3-16(4-2)11-13-7-8-14(20-13)15(19)17-9-5-6-12(18)10-17/h7-8,12,18H,3-6,9-11H2,1-2H3/t12-/m0/s1. The lowest BCUT2D eigenvalue weighted by atomic mass is 10.1. The summed E-state index contributed by atoms with van der Waals surface area (Å²) in [6, 6.07) is 3.61. The molecule has 0 radical (unpaired) electrons. The van der Waals surface area contributed by atoms with Crippen molar-refractivity contribution in [1.29, 1.82) is 0 Å². The number of aliphatic hydroxyl groups excluding tert-OH is 1. The third kappa shape index (κ3) is 3.61. The number of carbonyl (C=O) groups excluding carboxylic acids is 1. The smallest absolute Gasteiger partial charge is 0.289 e. The molecule has 0 saturated carbocycles. The van der Waals surface area contributed by atoms with Crippen molar-refractivity contribution < 1.29 is 14.3 Å². The van der Waals surface area contributed by atoms with Crippen molar-refractivity contribution in [2.45, 2.75) is 39.3 Å². The molecule has 5 heteroatoms. The molecule has 0 unspecified atom stereocenters. The SMILES string of the molecule is CCN(CC)Cc1ccc(C(=O)N2CCC[C@H](O)C2)o1. The van der Waals surface area contributed by atoms with Gasteiger partial charge in [0.15, 0.2) is 5.76 Å². The molecule has 0 bridgehead atoms. The van der Waals surface area contributed by atoms with Gasteiger partial charge in [0.1, 0.15) is 5.76 Å². The van der Waals surface area contributed by atoms with E-state index in [1.807, 2.05) is 6.07 Å². The van der Waals surface area contributed by atoms with Crippen LogP contribution in [-0.4, -0.2) is 53.1 Å². The lowest BCUT2D eigenvalue weighted by Crippen LogP contribution is -2.42. The average molecular weight is 280 g/mol. The van der Waals surface area contributed by atoms with Crippen LogP contribution in [-0.2, 0) is 6.54 Å². The average Bonchev–Trinajstić information content (AvgIpc) is 2.92. The summed E-state index contributed by atoms with van der Waals surface area (Å²) in [5.74, 6) is 1.07. The maximum atomic E-state index is 12.3. The van der Waals surface area contributed by atoms with Crippen LogP contribution in [0.2, 0.25) is 0 Å². The fourth-order valence-electron chi connectivity index (χ4n) is 2.54. The Morgan fingerprint density at radius 1 is 1.45 bits per heavy atom. The molecule has 1 amide bonds. The van der Waals surface area contributed by atoms with Crippen molar-refractivity contribution in [1.82, 2.24) is 9.80 Å². The molecular weight excluding hydrogens is 256 g/mol. The van der Waals surface area contributed by atoms with Crippen LogP contribution >= 0.6 is 0 Å². The topological polar surface area (TPSA) is 56.9 Å². The second kappa shape index (κ2) is 6.90. The van der Waals surface area contributed by atoms with Crippen molar-refractivity contribution in [3.8, 4) is 0 Å². The normalized spacial score (nSPS) is 19.6. The molecule has 112 valence electrons. The Morgan fingerprint density at radius 2 is 2.20 bits per heavy atom. The molecule has 1 aromatic heterocycles. The minimum absolute atomic E-state index is 0.116. The summed E-state index contributed by atoms with van der Waals surface area (Å²) in [4.78, 5) is 16.2. The number of amides is 1. The number of likely N-dealkylation sites (tertiary alicyclic amines) is 1. The van der Waals surface area contributed by atoms with E-state index in [9.17, 15) is 9.90 Å². The summed E-state index contributed by atoms with van der Waals surface area (Å²) in [7, 11) is 0. The Hall–Kier alpha value is -1.33. The Kier molecular flexibility index (Phi) is 5.20. The highest BCUT2D eigenvalue weighted by molar-refractivity contribution is 5.91. The number of furan rings is 1. The van der Waals surface area contributed by atoms with E-state index in [2.05, 4.69) is 18.7 Å². The highest BCUT2D eigenvalue weighted by Gasteiger charge is 2.25. The zero-order valence-electron chi connectivity index (χ0n) is 12.3. The second-order valence-electron chi connectivity index (χ2n) is 5.27. The molecular formula is C15H24N2O3. The Labute approximate surface area is 120 Å². The van der Waals surface area contributed by atoms with Gasteiger partial charge in [-0.2, -0.15) is 0 Å². The Bertz CT molecular complexity index is 440. The van der Waals surface area contributed by atoms with Crippen LogP contribution in [0, 0.1) is 0 Å². The van der Waals surface area contributed by atoms with Crippen LogP contribution in [0.25, 0.3) is 0 Å². The summed E-state index contributed by atoms with van der Waals surface area (Å²) in [5, 5.41) is 9.63. The number of hydrogen-bond donors (Lipinski definition) is 1. The largest absolute Gasteiger partial charge is 0.455 e. The van der Waals surface area contributed by atoms with Gasteiger partial charge < -0.3 is 14.4 Å². The molecule has 2 heterocycles. The summed E-state index contributed by atoms with van der Waals surface area (Å²) < 4.78 is 5.65. The highest BCUT2D eigenvalue weighted by atomic mass is 16.4. The van der Waals surface area contributed by atoms with Crippen LogP contribution in [0.5, 0.6) is 0 Å². The van der Waals surface area contributed by atoms with Gasteiger partial charge in [-0.15, -0.1) is 0 Å². The third-order valence-electron chi connectivity index (χ3n) is 3.83. The number of carbonyl (C=O) groups is 1. The number of β-amino-alcohol motifs (C(OH)–C–C–N with tert-alkyl or cyclic N) is 1.